The zero-order chi connectivity index (χ0) is 14.5. The van der Waals surface area contributed by atoms with Gasteiger partial charge in [-0.1, -0.05) is 143 Å². The van der Waals surface area contributed by atoms with Crippen LogP contribution in [0.4, 0.5) is 0 Å². The third kappa shape index (κ3) is 4.62. The van der Waals surface area contributed by atoms with Crippen LogP contribution < -0.4 is 0 Å². The highest BCUT2D eigenvalue weighted by Gasteiger charge is 2.72. The van der Waals surface area contributed by atoms with E-state index < -0.39 is 15.3 Å². The monoisotopic (exact) mass is 945 g/mol. The van der Waals surface area contributed by atoms with Crippen molar-refractivity contribution in [2.45, 2.75) is 15.3 Å². The molecule has 0 heterocycles. The maximum atomic E-state index is 10.2. The van der Waals surface area contributed by atoms with E-state index in [2.05, 4.69) is 175 Å². The Hall–Kier alpha value is 5.24. The molecule has 0 radical (unpaired) electrons. The number of halogens is 11. The third-order valence-electron chi connectivity index (χ3n) is 1.59. The van der Waals surface area contributed by atoms with Gasteiger partial charge in [-0.2, -0.15) is 0 Å². The number of aliphatic hydroxyl groups is 1. The Balaban J connectivity index is 6.04. The Morgan fingerprint density at radius 1 is 0.529 bits per heavy atom. The minimum absolute atomic E-state index is 0.820. The highest BCUT2D eigenvalue weighted by Crippen LogP contribution is 2.72. The smallest absolute Gasteiger partial charge is 0.202 e. The van der Waals surface area contributed by atoms with Crippen LogP contribution in [-0.2, 0) is 0 Å². The Morgan fingerprint density at radius 2 is 0.765 bits per heavy atom. The fourth-order valence-corrected chi connectivity index (χ4v) is 12.5. The van der Waals surface area contributed by atoms with E-state index in [0.717, 1.165) is 0 Å². The molecular weight excluding hydrogens is 955 g/mol. The molecule has 0 saturated carbocycles. The minimum Gasteiger partial charge on any atom is -0.368 e. The van der Waals surface area contributed by atoms with E-state index in [-0.39, 0.29) is 0 Å². The predicted octanol–water partition coefficient (Wildman–Crippen LogP) is 7.72. The fraction of sp³-hybridized carbons (Fsp3) is 1.00. The Labute approximate surface area is 192 Å². The van der Waals surface area contributed by atoms with Crippen LogP contribution in [0.5, 0.6) is 0 Å². The molecule has 1 nitrogen and oxygen atoms in total. The number of hydrogen-bond acceptors (Lipinski definition) is 1. The van der Waals surface area contributed by atoms with Crippen molar-refractivity contribution in [2.75, 3.05) is 0 Å². The zero-order valence-corrected chi connectivity index (χ0v) is 24.6. The molecule has 12 heteroatoms. The molecule has 17 heavy (non-hydrogen) atoms. The van der Waals surface area contributed by atoms with Gasteiger partial charge in [0.1, 0.15) is 4.32 Å². The molecule has 0 bridgehead atoms. The van der Waals surface area contributed by atoms with Crippen LogP contribution in [0.3, 0.4) is 0 Å². The second-order valence-corrected chi connectivity index (χ2v) is 24.3. The maximum absolute atomic E-state index is 10.2. The van der Waals surface area contributed by atoms with Gasteiger partial charge >= 0.3 is 0 Å². The van der Waals surface area contributed by atoms with Crippen LogP contribution in [-0.4, -0.2) is 20.4 Å². The van der Waals surface area contributed by atoms with Crippen LogP contribution in [0.1, 0.15) is 0 Å². The van der Waals surface area contributed by atoms with Crippen LogP contribution in [0.25, 0.3) is 0 Å². The van der Waals surface area contributed by atoms with Crippen molar-refractivity contribution in [1.29, 1.82) is 0 Å². The topological polar surface area (TPSA) is 20.2 Å². The van der Waals surface area contributed by atoms with Gasteiger partial charge in [0.2, 0.25) is 3.42 Å². The standard InChI is InChI=1S/C5HBr11O/c6-1(3(9,10)11,4(12,13)14)2(7,8)5(15,16)17/h17H. The first-order valence-electron chi connectivity index (χ1n) is 3.30. The summed E-state index contributed by atoms with van der Waals surface area (Å²) < 4.78 is -5.15. The summed E-state index contributed by atoms with van der Waals surface area (Å²) >= 11 is 37.5. The molecule has 0 aromatic carbocycles. The third-order valence-corrected chi connectivity index (χ3v) is 16.9. The molecular formula is C5HBr11O. The molecule has 0 aromatic heterocycles. The van der Waals surface area contributed by atoms with Gasteiger partial charge in [-0.25, -0.2) is 0 Å². The largest absolute Gasteiger partial charge is 0.368 e. The van der Waals surface area contributed by atoms with Gasteiger partial charge in [0.15, 0.2) is 7.52 Å². The van der Waals surface area contributed by atoms with Crippen molar-refractivity contribution in [3.63, 3.8) is 0 Å². The van der Waals surface area contributed by atoms with E-state index in [1.165, 1.54) is 0 Å². The van der Waals surface area contributed by atoms with E-state index in [4.69, 9.17) is 0 Å². The maximum Gasteiger partial charge on any atom is 0.202 e. The summed E-state index contributed by atoms with van der Waals surface area (Å²) in [5.41, 5.74) is 0. The molecule has 0 aliphatic rings. The molecule has 0 aromatic rings. The molecule has 0 spiro atoms. The van der Waals surface area contributed by atoms with Crippen molar-refractivity contribution in [3.8, 4) is 0 Å². The molecule has 0 unspecified atom stereocenters. The first-order valence-corrected chi connectivity index (χ1v) is 12.0. The molecule has 0 amide bonds. The Kier molecular flexibility index (Phi) is 9.17. The zero-order valence-electron chi connectivity index (χ0n) is 7.10. The van der Waals surface area contributed by atoms with Crippen LogP contribution in [0, 0.1) is 0 Å². The van der Waals surface area contributed by atoms with E-state index in [0.29, 0.717) is 0 Å². The SMILES string of the molecule is OC(Br)(Br)C(Br)(Br)C(Br)(C(Br)(Br)Br)C(Br)(Br)Br. The quantitative estimate of drug-likeness (QED) is 0.282. The molecule has 0 atom stereocenters. The van der Waals surface area contributed by atoms with Gasteiger partial charge in [0.05, 0.1) is 0 Å². The van der Waals surface area contributed by atoms with E-state index in [9.17, 15) is 5.11 Å². The lowest BCUT2D eigenvalue weighted by atomic mass is 10.1. The number of hydrogen-bond donors (Lipinski definition) is 1. The van der Waals surface area contributed by atoms with E-state index >= 15 is 0 Å². The summed E-state index contributed by atoms with van der Waals surface area (Å²) in [6.07, 6.45) is 0. The van der Waals surface area contributed by atoms with Crippen molar-refractivity contribution in [1.82, 2.24) is 0 Å². The Morgan fingerprint density at radius 3 is 0.824 bits per heavy atom. The molecule has 1 N–H and O–H groups in total. The summed E-state index contributed by atoms with van der Waals surface area (Å²) in [5, 5.41) is 10.2. The second-order valence-electron chi connectivity index (χ2n) is 2.77. The summed E-state index contributed by atoms with van der Waals surface area (Å²) in [7, 11) is 0. The van der Waals surface area contributed by atoms with Gasteiger partial charge in [0, 0.05) is 0 Å². The van der Waals surface area contributed by atoms with E-state index in [1.54, 1.807) is 0 Å². The van der Waals surface area contributed by atoms with Gasteiger partial charge in [0.25, 0.3) is 0 Å². The number of rotatable bonds is 2. The fourth-order valence-electron chi connectivity index (χ4n) is 0.724. The van der Waals surface area contributed by atoms with Crippen LogP contribution >= 0.6 is 175 Å². The molecule has 0 saturated heterocycles. The first kappa shape index (κ1) is 22.2. The summed E-state index contributed by atoms with van der Waals surface area (Å²) in [6.45, 7) is 0. The summed E-state index contributed by atoms with van der Waals surface area (Å²) in [6, 6.07) is 0. The van der Waals surface area contributed by atoms with E-state index in [1.807, 2.05) is 0 Å². The van der Waals surface area contributed by atoms with Crippen LogP contribution in [0.15, 0.2) is 0 Å². The van der Waals surface area contributed by atoms with Crippen molar-refractivity contribution < 1.29 is 5.11 Å². The normalized spacial score (nSPS) is 16.2. The minimum atomic E-state index is -1.47. The summed E-state index contributed by atoms with van der Waals surface area (Å²) in [5.74, 6) is 0. The lowest BCUT2D eigenvalue weighted by molar-refractivity contribution is 0.221. The first-order chi connectivity index (χ1) is 7.00. The average molecular weight is 956 g/mol. The lowest BCUT2D eigenvalue weighted by Gasteiger charge is -2.52. The van der Waals surface area contributed by atoms with Crippen molar-refractivity contribution >= 4 is 175 Å². The molecule has 0 aliphatic carbocycles. The van der Waals surface area contributed by atoms with Gasteiger partial charge in [-0.3, -0.25) is 0 Å². The van der Waals surface area contributed by atoms with Gasteiger partial charge in [-0.05, 0) is 31.9 Å². The predicted molar refractivity (Wildman–Crippen MR) is 114 cm³/mol. The van der Waals surface area contributed by atoms with Crippen molar-refractivity contribution in [2.24, 2.45) is 0 Å². The highest BCUT2D eigenvalue weighted by atomic mass is 80.0. The van der Waals surface area contributed by atoms with Gasteiger partial charge in [-0.15, -0.1) is 0 Å². The summed E-state index contributed by atoms with van der Waals surface area (Å²) in [4.78, 5) is 0. The number of alkyl halides is 11. The Bertz CT molecular complexity index is 266. The van der Waals surface area contributed by atoms with Crippen molar-refractivity contribution in [3.05, 3.63) is 0 Å². The highest BCUT2D eigenvalue weighted by molar-refractivity contribution is 9.42. The lowest BCUT2D eigenvalue weighted by Crippen LogP contribution is -2.63. The average Bonchev–Trinajstić information content (AvgIpc) is 1.95. The molecule has 0 aliphatic heterocycles. The van der Waals surface area contributed by atoms with Gasteiger partial charge < -0.3 is 5.11 Å². The molecule has 104 valence electrons. The second kappa shape index (κ2) is 7.01. The van der Waals surface area contributed by atoms with Crippen LogP contribution in [0.2, 0.25) is 0 Å². The molecule has 0 fully saturated rings. The molecule has 0 rings (SSSR count).